The van der Waals surface area contributed by atoms with Crippen LogP contribution in [-0.2, 0) is 6.54 Å². The van der Waals surface area contributed by atoms with E-state index in [4.69, 9.17) is 0 Å². The van der Waals surface area contributed by atoms with E-state index in [2.05, 4.69) is 42.0 Å². The van der Waals surface area contributed by atoms with E-state index in [9.17, 15) is 0 Å². The Morgan fingerprint density at radius 2 is 2.25 bits per heavy atom. The molecule has 0 amide bonds. The van der Waals surface area contributed by atoms with Crippen molar-refractivity contribution in [2.24, 2.45) is 0 Å². The Balaban J connectivity index is 1.97. The number of fused-ring (bicyclic) bond motifs is 1. The minimum Gasteiger partial charge on any atom is -0.354 e. The molecule has 3 aromatic rings. The van der Waals surface area contributed by atoms with Gasteiger partial charge in [0.1, 0.15) is 10.6 Å². The van der Waals surface area contributed by atoms with Crippen LogP contribution in [0, 0.1) is 0 Å². The molecule has 1 N–H and O–H groups in total. The highest BCUT2D eigenvalue weighted by atomic mass is 32.1. The highest BCUT2D eigenvalue weighted by Gasteiger charge is 2.13. The van der Waals surface area contributed by atoms with Gasteiger partial charge in [0.05, 0.1) is 23.1 Å². The molecule has 0 aliphatic heterocycles. The van der Waals surface area contributed by atoms with Gasteiger partial charge in [0.2, 0.25) is 5.95 Å². The fourth-order valence-corrected chi connectivity index (χ4v) is 3.31. The van der Waals surface area contributed by atoms with Crippen LogP contribution < -0.4 is 10.2 Å². The van der Waals surface area contributed by atoms with Crippen LogP contribution in [0.15, 0.2) is 22.3 Å². The third-order valence-electron chi connectivity index (χ3n) is 2.88. The third kappa shape index (κ3) is 2.59. The Hall–Kier alpha value is -1.73. The van der Waals surface area contributed by atoms with Gasteiger partial charge in [0.15, 0.2) is 0 Å². The molecule has 0 aromatic carbocycles. The zero-order chi connectivity index (χ0) is 13.9. The van der Waals surface area contributed by atoms with Crippen LogP contribution in [0.5, 0.6) is 0 Å². The monoisotopic (exact) mass is 305 g/mol. The number of thiazole rings is 1. The van der Waals surface area contributed by atoms with Crippen LogP contribution in [-0.4, -0.2) is 28.5 Å². The molecule has 104 valence electrons. The standard InChI is InChI=1S/C13H15N5S2/c1-3-14-13-16-11(10-4-5-20-12(10)17-13)18(2)6-9-7-19-8-15-9/h4-5,7-8H,3,6H2,1-2H3,(H,14,16,17). The Kier molecular flexibility index (Phi) is 3.79. The number of aromatic nitrogens is 3. The van der Waals surface area contributed by atoms with E-state index >= 15 is 0 Å². The lowest BCUT2D eigenvalue weighted by molar-refractivity contribution is 0.876. The Morgan fingerprint density at radius 1 is 1.35 bits per heavy atom. The van der Waals surface area contributed by atoms with Crippen molar-refractivity contribution in [1.29, 1.82) is 0 Å². The molecule has 0 saturated heterocycles. The molecule has 0 saturated carbocycles. The van der Waals surface area contributed by atoms with Crippen LogP contribution in [0.3, 0.4) is 0 Å². The summed E-state index contributed by atoms with van der Waals surface area (Å²) in [6.07, 6.45) is 0. The van der Waals surface area contributed by atoms with Crippen LogP contribution in [0.25, 0.3) is 10.2 Å². The maximum absolute atomic E-state index is 4.63. The Morgan fingerprint density at radius 3 is 3.00 bits per heavy atom. The molecule has 0 radical (unpaired) electrons. The molecule has 3 aromatic heterocycles. The van der Waals surface area contributed by atoms with Gasteiger partial charge < -0.3 is 10.2 Å². The van der Waals surface area contributed by atoms with Crippen LogP contribution >= 0.6 is 22.7 Å². The minimum atomic E-state index is 0.683. The molecule has 0 spiro atoms. The smallest absolute Gasteiger partial charge is 0.226 e. The Labute approximate surface area is 125 Å². The molecular formula is C13H15N5S2. The topological polar surface area (TPSA) is 53.9 Å². The first kappa shape index (κ1) is 13.3. The predicted octanol–water partition coefficient (Wildman–Crippen LogP) is 3.22. The van der Waals surface area contributed by atoms with E-state index in [1.165, 1.54) is 0 Å². The second-order valence-electron chi connectivity index (χ2n) is 4.38. The lowest BCUT2D eigenvalue weighted by Gasteiger charge is -2.18. The highest BCUT2D eigenvalue weighted by molar-refractivity contribution is 7.16. The van der Waals surface area contributed by atoms with Crippen molar-refractivity contribution in [2.45, 2.75) is 13.5 Å². The van der Waals surface area contributed by atoms with E-state index in [1.54, 1.807) is 22.7 Å². The first-order valence-corrected chi connectivity index (χ1v) is 8.17. The quantitative estimate of drug-likeness (QED) is 0.784. The van der Waals surface area contributed by atoms with Gasteiger partial charge in [-0.25, -0.2) is 9.97 Å². The predicted molar refractivity (Wildman–Crippen MR) is 85.8 cm³/mol. The largest absolute Gasteiger partial charge is 0.354 e. The molecule has 0 atom stereocenters. The molecule has 7 heteroatoms. The summed E-state index contributed by atoms with van der Waals surface area (Å²) < 4.78 is 0. The zero-order valence-corrected chi connectivity index (χ0v) is 13.0. The highest BCUT2D eigenvalue weighted by Crippen LogP contribution is 2.29. The number of thiophene rings is 1. The second kappa shape index (κ2) is 5.72. The molecule has 3 heterocycles. The lowest BCUT2D eigenvalue weighted by Crippen LogP contribution is -2.19. The van der Waals surface area contributed by atoms with Crippen molar-refractivity contribution in [1.82, 2.24) is 15.0 Å². The van der Waals surface area contributed by atoms with Crippen LogP contribution in [0.2, 0.25) is 0 Å². The average molecular weight is 305 g/mol. The summed E-state index contributed by atoms with van der Waals surface area (Å²) in [6, 6.07) is 2.07. The van der Waals surface area contributed by atoms with Gasteiger partial charge >= 0.3 is 0 Å². The minimum absolute atomic E-state index is 0.683. The van der Waals surface area contributed by atoms with E-state index in [1.807, 2.05) is 19.5 Å². The zero-order valence-electron chi connectivity index (χ0n) is 11.3. The normalized spacial score (nSPS) is 10.9. The summed E-state index contributed by atoms with van der Waals surface area (Å²) in [4.78, 5) is 16.6. The summed E-state index contributed by atoms with van der Waals surface area (Å²) >= 11 is 3.25. The molecule has 0 aliphatic rings. The van der Waals surface area contributed by atoms with Gasteiger partial charge in [-0.1, -0.05) is 0 Å². The number of hydrogen-bond donors (Lipinski definition) is 1. The van der Waals surface area contributed by atoms with Gasteiger partial charge in [-0.15, -0.1) is 22.7 Å². The number of anilines is 2. The summed E-state index contributed by atoms with van der Waals surface area (Å²) in [6.45, 7) is 3.60. The van der Waals surface area contributed by atoms with Gasteiger partial charge in [-0.05, 0) is 18.4 Å². The number of nitrogens with one attached hydrogen (secondary N) is 1. The molecule has 20 heavy (non-hydrogen) atoms. The van der Waals surface area contributed by atoms with Crippen molar-refractivity contribution < 1.29 is 0 Å². The molecule has 3 rings (SSSR count). The summed E-state index contributed by atoms with van der Waals surface area (Å²) in [5.74, 6) is 1.63. The van der Waals surface area contributed by atoms with E-state index in [-0.39, 0.29) is 0 Å². The van der Waals surface area contributed by atoms with Crippen molar-refractivity contribution in [2.75, 3.05) is 23.8 Å². The van der Waals surface area contributed by atoms with Crippen LogP contribution in [0.1, 0.15) is 12.6 Å². The molecular weight excluding hydrogens is 290 g/mol. The van der Waals surface area contributed by atoms with Crippen molar-refractivity contribution in [3.8, 4) is 0 Å². The average Bonchev–Trinajstić information content (AvgIpc) is 3.08. The maximum atomic E-state index is 4.63. The van der Waals surface area contributed by atoms with Gasteiger partial charge in [-0.3, -0.25) is 0 Å². The SMILES string of the molecule is CCNc1nc(N(C)Cc2cscn2)c2ccsc2n1. The van der Waals surface area contributed by atoms with Gasteiger partial charge in [-0.2, -0.15) is 4.98 Å². The Bertz CT molecular complexity index is 692. The maximum Gasteiger partial charge on any atom is 0.226 e. The summed E-state index contributed by atoms with van der Waals surface area (Å²) in [5, 5.41) is 8.39. The molecule has 0 fully saturated rings. The molecule has 0 bridgehead atoms. The molecule has 0 aliphatic carbocycles. The first-order chi connectivity index (χ1) is 9.78. The first-order valence-electron chi connectivity index (χ1n) is 6.35. The summed E-state index contributed by atoms with van der Waals surface area (Å²) in [7, 11) is 2.04. The second-order valence-corrected chi connectivity index (χ2v) is 5.99. The fourth-order valence-electron chi connectivity index (χ4n) is 2.00. The van der Waals surface area contributed by atoms with Gasteiger partial charge in [0, 0.05) is 19.0 Å². The summed E-state index contributed by atoms with van der Waals surface area (Å²) in [5.41, 5.74) is 2.91. The van der Waals surface area contributed by atoms with Gasteiger partial charge in [0.25, 0.3) is 0 Å². The fraction of sp³-hybridized carbons (Fsp3) is 0.308. The van der Waals surface area contributed by atoms with E-state index < -0.39 is 0 Å². The molecule has 0 unspecified atom stereocenters. The third-order valence-corrected chi connectivity index (χ3v) is 4.33. The van der Waals surface area contributed by atoms with E-state index in [0.717, 1.165) is 34.8 Å². The lowest BCUT2D eigenvalue weighted by atomic mass is 10.3. The van der Waals surface area contributed by atoms with Crippen molar-refractivity contribution >= 4 is 44.7 Å². The van der Waals surface area contributed by atoms with Crippen molar-refractivity contribution in [3.63, 3.8) is 0 Å². The van der Waals surface area contributed by atoms with Crippen molar-refractivity contribution in [3.05, 3.63) is 28.0 Å². The van der Waals surface area contributed by atoms with E-state index in [0.29, 0.717) is 5.95 Å². The molecule has 5 nitrogen and oxygen atoms in total. The van der Waals surface area contributed by atoms with Crippen LogP contribution in [0.4, 0.5) is 11.8 Å². The number of hydrogen-bond acceptors (Lipinski definition) is 7. The number of nitrogens with zero attached hydrogens (tertiary/aromatic N) is 4. The number of rotatable bonds is 5.